The van der Waals surface area contributed by atoms with Crippen LogP contribution in [0.15, 0.2) is 35.0 Å². The van der Waals surface area contributed by atoms with Gasteiger partial charge in [0.25, 0.3) is 11.8 Å². The molecule has 108 valence electrons. The summed E-state index contributed by atoms with van der Waals surface area (Å²) in [5, 5.41) is 9.66. The fourth-order valence-corrected chi connectivity index (χ4v) is 2.78. The monoisotopic (exact) mass is 302 g/mol. The first-order valence-corrected chi connectivity index (χ1v) is 7.52. The standard InChI is InChI=1S/C15H14N2O3S/c18-14-8-20-13-7-11(1-2-12(13)17-14)15(19)16-5-3-10-4-6-21-9-10/h1-2,4,6-7,9H,3,5,8H2,(H,16,19)(H,17,18). The van der Waals surface area contributed by atoms with E-state index in [1.807, 2.05) is 11.4 Å². The maximum atomic E-state index is 12.1. The Balaban J connectivity index is 1.61. The Morgan fingerprint density at radius 2 is 2.29 bits per heavy atom. The predicted octanol–water partition coefficient (Wildman–Crippen LogP) is 2.05. The number of thiophene rings is 1. The lowest BCUT2D eigenvalue weighted by molar-refractivity contribution is -0.118. The number of carbonyl (C=O) groups excluding carboxylic acids is 2. The van der Waals surface area contributed by atoms with Crippen molar-refractivity contribution in [2.45, 2.75) is 6.42 Å². The third kappa shape index (κ3) is 3.22. The molecule has 0 aliphatic carbocycles. The van der Waals surface area contributed by atoms with Gasteiger partial charge in [0.05, 0.1) is 5.69 Å². The minimum absolute atomic E-state index is 0.0176. The third-order valence-electron chi connectivity index (χ3n) is 3.16. The maximum absolute atomic E-state index is 12.1. The van der Waals surface area contributed by atoms with Crippen molar-refractivity contribution in [1.29, 1.82) is 0 Å². The topological polar surface area (TPSA) is 67.4 Å². The highest BCUT2D eigenvalue weighted by molar-refractivity contribution is 7.07. The quantitative estimate of drug-likeness (QED) is 0.908. The number of hydrogen-bond acceptors (Lipinski definition) is 4. The number of hydrogen-bond donors (Lipinski definition) is 2. The molecular weight excluding hydrogens is 288 g/mol. The Bertz CT molecular complexity index is 668. The van der Waals surface area contributed by atoms with Crippen molar-refractivity contribution in [2.75, 3.05) is 18.5 Å². The largest absolute Gasteiger partial charge is 0.482 e. The number of anilines is 1. The summed E-state index contributed by atoms with van der Waals surface area (Å²) in [6.45, 7) is 0.570. The number of ether oxygens (including phenoxy) is 1. The minimum atomic E-state index is -0.185. The second-order valence-electron chi connectivity index (χ2n) is 4.69. The van der Waals surface area contributed by atoms with Crippen LogP contribution in [0.2, 0.25) is 0 Å². The van der Waals surface area contributed by atoms with E-state index in [2.05, 4.69) is 16.0 Å². The van der Waals surface area contributed by atoms with E-state index in [1.165, 1.54) is 5.56 Å². The van der Waals surface area contributed by atoms with Gasteiger partial charge in [-0.05, 0) is 47.0 Å². The first kappa shape index (κ1) is 13.6. The van der Waals surface area contributed by atoms with Crippen molar-refractivity contribution < 1.29 is 14.3 Å². The number of benzene rings is 1. The van der Waals surface area contributed by atoms with Gasteiger partial charge in [0.1, 0.15) is 5.75 Å². The lowest BCUT2D eigenvalue weighted by Crippen LogP contribution is -2.27. The van der Waals surface area contributed by atoms with E-state index in [0.717, 1.165) is 6.42 Å². The maximum Gasteiger partial charge on any atom is 0.262 e. The molecule has 0 bridgehead atoms. The van der Waals surface area contributed by atoms with Gasteiger partial charge in [-0.15, -0.1) is 0 Å². The molecule has 0 fully saturated rings. The number of amides is 2. The molecule has 1 aromatic heterocycles. The van der Waals surface area contributed by atoms with Gasteiger partial charge in [-0.1, -0.05) is 0 Å². The molecular formula is C15H14N2O3S. The van der Waals surface area contributed by atoms with Gasteiger partial charge in [0, 0.05) is 12.1 Å². The highest BCUT2D eigenvalue weighted by Gasteiger charge is 2.17. The van der Waals surface area contributed by atoms with Crippen molar-refractivity contribution in [2.24, 2.45) is 0 Å². The van der Waals surface area contributed by atoms with Gasteiger partial charge in [-0.25, -0.2) is 0 Å². The van der Waals surface area contributed by atoms with Gasteiger partial charge in [-0.2, -0.15) is 11.3 Å². The van der Waals surface area contributed by atoms with Crippen molar-refractivity contribution in [1.82, 2.24) is 5.32 Å². The molecule has 1 aromatic carbocycles. The van der Waals surface area contributed by atoms with Crippen molar-refractivity contribution >= 4 is 28.8 Å². The molecule has 3 rings (SSSR count). The molecule has 1 aliphatic heterocycles. The third-order valence-corrected chi connectivity index (χ3v) is 3.89. The Morgan fingerprint density at radius 3 is 3.10 bits per heavy atom. The summed E-state index contributed by atoms with van der Waals surface area (Å²) in [5.74, 6) is 0.198. The van der Waals surface area contributed by atoms with Crippen LogP contribution in [0.1, 0.15) is 15.9 Å². The van der Waals surface area contributed by atoms with Crippen LogP contribution in [0, 0.1) is 0 Å². The zero-order valence-electron chi connectivity index (χ0n) is 11.2. The first-order chi connectivity index (χ1) is 10.2. The van der Waals surface area contributed by atoms with Crippen LogP contribution in [0.5, 0.6) is 5.75 Å². The van der Waals surface area contributed by atoms with E-state index >= 15 is 0 Å². The normalized spacial score (nSPS) is 13.0. The average Bonchev–Trinajstić information content (AvgIpc) is 3.00. The van der Waals surface area contributed by atoms with E-state index in [-0.39, 0.29) is 18.4 Å². The first-order valence-electron chi connectivity index (χ1n) is 6.58. The SMILES string of the molecule is O=C1COc2cc(C(=O)NCCc3ccsc3)ccc2N1. The van der Waals surface area contributed by atoms with Gasteiger partial charge in [0.2, 0.25) is 0 Å². The van der Waals surface area contributed by atoms with E-state index in [4.69, 9.17) is 4.74 Å². The van der Waals surface area contributed by atoms with Crippen LogP contribution in [0.4, 0.5) is 5.69 Å². The van der Waals surface area contributed by atoms with Gasteiger partial charge < -0.3 is 15.4 Å². The molecule has 0 saturated carbocycles. The van der Waals surface area contributed by atoms with E-state index in [9.17, 15) is 9.59 Å². The minimum Gasteiger partial charge on any atom is -0.482 e. The van der Waals surface area contributed by atoms with Crippen LogP contribution in [-0.4, -0.2) is 25.0 Å². The van der Waals surface area contributed by atoms with Crippen LogP contribution in [-0.2, 0) is 11.2 Å². The zero-order chi connectivity index (χ0) is 14.7. The fourth-order valence-electron chi connectivity index (χ4n) is 2.07. The molecule has 0 saturated heterocycles. The molecule has 0 spiro atoms. The van der Waals surface area contributed by atoms with E-state index in [1.54, 1.807) is 29.5 Å². The summed E-state index contributed by atoms with van der Waals surface area (Å²) in [4.78, 5) is 23.3. The average molecular weight is 302 g/mol. The van der Waals surface area contributed by atoms with Crippen LogP contribution in [0.25, 0.3) is 0 Å². The zero-order valence-corrected chi connectivity index (χ0v) is 12.0. The van der Waals surface area contributed by atoms with Crippen molar-refractivity contribution in [3.05, 3.63) is 46.2 Å². The molecule has 5 nitrogen and oxygen atoms in total. The molecule has 6 heteroatoms. The van der Waals surface area contributed by atoms with Crippen LogP contribution >= 0.6 is 11.3 Å². The van der Waals surface area contributed by atoms with E-state index < -0.39 is 0 Å². The number of carbonyl (C=O) groups is 2. The predicted molar refractivity (Wildman–Crippen MR) is 80.9 cm³/mol. The highest BCUT2D eigenvalue weighted by atomic mass is 32.1. The van der Waals surface area contributed by atoms with Crippen LogP contribution < -0.4 is 15.4 Å². The lowest BCUT2D eigenvalue weighted by Gasteiger charge is -2.18. The van der Waals surface area contributed by atoms with Crippen molar-refractivity contribution in [3.63, 3.8) is 0 Å². The summed E-state index contributed by atoms with van der Waals surface area (Å²) < 4.78 is 5.30. The molecule has 21 heavy (non-hydrogen) atoms. The molecule has 2 heterocycles. The summed E-state index contributed by atoms with van der Waals surface area (Å²) in [5.41, 5.74) is 2.34. The van der Waals surface area contributed by atoms with Gasteiger partial charge in [-0.3, -0.25) is 9.59 Å². The Kier molecular flexibility index (Phi) is 3.87. The van der Waals surface area contributed by atoms with E-state index in [0.29, 0.717) is 23.5 Å². The van der Waals surface area contributed by atoms with Crippen LogP contribution in [0.3, 0.4) is 0 Å². The van der Waals surface area contributed by atoms with Gasteiger partial charge >= 0.3 is 0 Å². The molecule has 1 aliphatic rings. The summed E-state index contributed by atoms with van der Waals surface area (Å²) in [6.07, 6.45) is 0.812. The molecule has 0 atom stereocenters. The number of nitrogens with one attached hydrogen (secondary N) is 2. The molecule has 2 aromatic rings. The molecule has 0 unspecified atom stereocenters. The molecule has 0 radical (unpaired) electrons. The van der Waals surface area contributed by atoms with Crippen molar-refractivity contribution in [3.8, 4) is 5.75 Å². The molecule has 2 N–H and O–H groups in total. The Hall–Kier alpha value is -2.34. The fraction of sp³-hybridized carbons (Fsp3) is 0.200. The van der Waals surface area contributed by atoms with Gasteiger partial charge in [0.15, 0.2) is 6.61 Å². The number of fused-ring (bicyclic) bond motifs is 1. The summed E-state index contributed by atoms with van der Waals surface area (Å²) in [6, 6.07) is 7.05. The summed E-state index contributed by atoms with van der Waals surface area (Å²) in [7, 11) is 0. The Morgan fingerprint density at radius 1 is 1.38 bits per heavy atom. The lowest BCUT2D eigenvalue weighted by atomic mass is 10.1. The second kappa shape index (κ2) is 5.97. The molecule has 2 amide bonds. The highest BCUT2D eigenvalue weighted by Crippen LogP contribution is 2.28. The number of rotatable bonds is 4. The Labute approximate surface area is 125 Å². The second-order valence-corrected chi connectivity index (χ2v) is 5.47. The summed E-state index contributed by atoms with van der Waals surface area (Å²) >= 11 is 1.65. The smallest absolute Gasteiger partial charge is 0.262 e.